The summed E-state index contributed by atoms with van der Waals surface area (Å²) in [6.07, 6.45) is 5.63. The van der Waals surface area contributed by atoms with Crippen LogP contribution in [0.4, 0.5) is 5.69 Å². The number of nitrogens with one attached hydrogen (secondary N) is 2. The van der Waals surface area contributed by atoms with Gasteiger partial charge in [0.25, 0.3) is 11.8 Å². The van der Waals surface area contributed by atoms with E-state index in [1.165, 1.54) is 18.4 Å². The van der Waals surface area contributed by atoms with Gasteiger partial charge < -0.3 is 15.4 Å². The highest BCUT2D eigenvalue weighted by Gasteiger charge is 2.24. The summed E-state index contributed by atoms with van der Waals surface area (Å²) in [5.74, 6) is 0.171. The fraction of sp³-hybridized carbons (Fsp3) is 0.233. The van der Waals surface area contributed by atoms with E-state index in [9.17, 15) is 9.59 Å². The maximum Gasteiger partial charge on any atom is 0.269 e. The Morgan fingerprint density at radius 3 is 2.68 bits per heavy atom. The third kappa shape index (κ3) is 5.92. The van der Waals surface area contributed by atoms with Crippen LogP contribution in [0, 0.1) is 6.92 Å². The highest BCUT2D eigenvalue weighted by atomic mass is 16.5. The predicted octanol–water partition coefficient (Wildman–Crippen LogP) is 5.02. The van der Waals surface area contributed by atoms with Crippen molar-refractivity contribution < 1.29 is 14.3 Å². The monoisotopic (exact) mass is 507 g/mol. The van der Waals surface area contributed by atoms with Gasteiger partial charge in [0.05, 0.1) is 18.5 Å². The quantitative estimate of drug-likeness (QED) is 0.308. The number of ether oxygens (including phenoxy) is 1. The molecule has 4 aromatic rings. The Balaban J connectivity index is 1.37. The van der Waals surface area contributed by atoms with Gasteiger partial charge in [-0.2, -0.15) is 10.2 Å². The van der Waals surface area contributed by atoms with Gasteiger partial charge in [0, 0.05) is 42.2 Å². The molecule has 1 aliphatic carbocycles. The van der Waals surface area contributed by atoms with E-state index in [1.54, 1.807) is 25.6 Å². The molecule has 2 aromatic heterocycles. The van der Waals surface area contributed by atoms with Crippen LogP contribution < -0.4 is 10.6 Å². The first-order valence-corrected chi connectivity index (χ1v) is 12.6. The molecule has 1 aliphatic rings. The van der Waals surface area contributed by atoms with Crippen LogP contribution in [0.5, 0.6) is 0 Å². The standard InChI is InChI=1S/C30H29N5O3/c1-19-6-9-25(34-29(36)23-5-3-4-21(14-23)20-7-8-20)17-26(19)27-16-24(18-33-35-27)22-10-11-31-28(15-22)30(37)32-12-13-38-2/h3-6,9-11,14-18,20H,7-8,12-13H2,1-2H3,(H,32,37)(H,34,36). The molecule has 1 saturated carbocycles. The van der Waals surface area contributed by atoms with Crippen molar-refractivity contribution in [3.05, 3.63) is 95.4 Å². The van der Waals surface area contributed by atoms with E-state index < -0.39 is 0 Å². The summed E-state index contributed by atoms with van der Waals surface area (Å²) in [4.78, 5) is 29.6. The minimum absolute atomic E-state index is 0.143. The second-order valence-electron chi connectivity index (χ2n) is 9.39. The van der Waals surface area contributed by atoms with Gasteiger partial charge in [0.1, 0.15) is 5.69 Å². The third-order valence-electron chi connectivity index (χ3n) is 6.54. The van der Waals surface area contributed by atoms with E-state index in [0.717, 1.165) is 22.3 Å². The summed E-state index contributed by atoms with van der Waals surface area (Å²) >= 11 is 0. The summed E-state index contributed by atoms with van der Waals surface area (Å²) in [6, 6.07) is 19.1. The fourth-order valence-electron chi connectivity index (χ4n) is 4.28. The van der Waals surface area contributed by atoms with Crippen LogP contribution >= 0.6 is 0 Å². The Labute approximate surface area is 221 Å². The van der Waals surface area contributed by atoms with Crippen molar-refractivity contribution in [1.29, 1.82) is 0 Å². The van der Waals surface area contributed by atoms with Crippen LogP contribution in [0.15, 0.2) is 73.1 Å². The molecule has 2 amide bonds. The lowest BCUT2D eigenvalue weighted by atomic mass is 10.0. The molecule has 38 heavy (non-hydrogen) atoms. The van der Waals surface area contributed by atoms with Crippen LogP contribution in [-0.4, -0.2) is 47.3 Å². The normalized spacial score (nSPS) is 12.7. The van der Waals surface area contributed by atoms with E-state index in [2.05, 4.69) is 31.9 Å². The molecule has 0 unspecified atom stereocenters. The summed E-state index contributed by atoms with van der Waals surface area (Å²) < 4.78 is 4.98. The molecule has 192 valence electrons. The Morgan fingerprint density at radius 2 is 1.87 bits per heavy atom. The number of amides is 2. The number of hydrogen-bond acceptors (Lipinski definition) is 6. The van der Waals surface area contributed by atoms with Crippen molar-refractivity contribution in [2.24, 2.45) is 0 Å². The van der Waals surface area contributed by atoms with Gasteiger partial charge >= 0.3 is 0 Å². The second kappa shape index (κ2) is 11.3. The zero-order valence-corrected chi connectivity index (χ0v) is 21.4. The number of rotatable bonds is 9. The molecular formula is C30H29N5O3. The summed E-state index contributed by atoms with van der Waals surface area (Å²) in [6.45, 7) is 2.82. The first-order chi connectivity index (χ1) is 18.5. The van der Waals surface area contributed by atoms with Gasteiger partial charge in [0.2, 0.25) is 0 Å². The van der Waals surface area contributed by atoms with E-state index in [-0.39, 0.29) is 11.8 Å². The fourth-order valence-corrected chi connectivity index (χ4v) is 4.28. The number of carbonyl (C=O) groups is 2. The first-order valence-electron chi connectivity index (χ1n) is 12.6. The number of carbonyl (C=O) groups excluding carboxylic acids is 2. The Hall–Kier alpha value is -4.43. The zero-order chi connectivity index (χ0) is 26.5. The van der Waals surface area contributed by atoms with Crippen LogP contribution in [0.25, 0.3) is 22.4 Å². The maximum atomic E-state index is 13.0. The lowest BCUT2D eigenvalue weighted by Crippen LogP contribution is -2.27. The zero-order valence-electron chi connectivity index (χ0n) is 21.4. The largest absolute Gasteiger partial charge is 0.383 e. The molecule has 2 heterocycles. The summed E-state index contributed by atoms with van der Waals surface area (Å²) in [5.41, 5.74) is 6.98. The SMILES string of the molecule is COCCNC(=O)c1cc(-c2cnnc(-c3cc(NC(=O)c4cccc(C5CC5)c4)ccc3C)c2)ccn1. The van der Waals surface area contributed by atoms with E-state index >= 15 is 0 Å². The number of hydrogen-bond donors (Lipinski definition) is 2. The highest BCUT2D eigenvalue weighted by molar-refractivity contribution is 6.04. The number of aryl methyl sites for hydroxylation is 1. The average molecular weight is 508 g/mol. The molecule has 1 fully saturated rings. The first kappa shape index (κ1) is 25.2. The number of pyridine rings is 1. The third-order valence-corrected chi connectivity index (χ3v) is 6.54. The Bertz CT molecular complexity index is 1480. The van der Waals surface area contributed by atoms with Crippen LogP contribution in [-0.2, 0) is 4.74 Å². The number of methoxy groups -OCH3 is 1. The van der Waals surface area contributed by atoms with Crippen molar-refractivity contribution in [3.8, 4) is 22.4 Å². The predicted molar refractivity (Wildman–Crippen MR) is 146 cm³/mol. The van der Waals surface area contributed by atoms with Gasteiger partial charge in [0.15, 0.2) is 0 Å². The molecule has 0 spiro atoms. The van der Waals surface area contributed by atoms with Gasteiger partial charge in [-0.3, -0.25) is 14.6 Å². The van der Waals surface area contributed by atoms with Gasteiger partial charge in [-0.15, -0.1) is 0 Å². The van der Waals surface area contributed by atoms with E-state index in [1.807, 2.05) is 55.5 Å². The maximum absolute atomic E-state index is 13.0. The van der Waals surface area contributed by atoms with Crippen molar-refractivity contribution in [2.75, 3.05) is 25.6 Å². The minimum atomic E-state index is -0.270. The second-order valence-corrected chi connectivity index (χ2v) is 9.39. The van der Waals surface area contributed by atoms with Crippen molar-refractivity contribution in [3.63, 3.8) is 0 Å². The Kier molecular flexibility index (Phi) is 7.51. The number of anilines is 1. The van der Waals surface area contributed by atoms with Crippen LogP contribution in [0.1, 0.15) is 50.7 Å². The van der Waals surface area contributed by atoms with Gasteiger partial charge in [-0.25, -0.2) is 0 Å². The van der Waals surface area contributed by atoms with Crippen molar-refractivity contribution >= 4 is 17.5 Å². The summed E-state index contributed by atoms with van der Waals surface area (Å²) in [5, 5.41) is 14.4. The molecule has 0 aliphatic heterocycles. The van der Waals surface area contributed by atoms with Crippen LogP contribution in [0.3, 0.4) is 0 Å². The molecule has 0 bridgehead atoms. The number of aromatic nitrogens is 3. The molecular weight excluding hydrogens is 478 g/mol. The molecule has 5 rings (SSSR count). The van der Waals surface area contributed by atoms with Crippen LogP contribution in [0.2, 0.25) is 0 Å². The van der Waals surface area contributed by atoms with Gasteiger partial charge in [-0.1, -0.05) is 18.2 Å². The molecule has 8 nitrogen and oxygen atoms in total. The smallest absolute Gasteiger partial charge is 0.269 e. The van der Waals surface area contributed by atoms with E-state index in [0.29, 0.717) is 41.7 Å². The molecule has 0 radical (unpaired) electrons. The molecule has 2 aromatic carbocycles. The van der Waals surface area contributed by atoms with Gasteiger partial charge in [-0.05, 0) is 84.8 Å². The van der Waals surface area contributed by atoms with Crippen molar-refractivity contribution in [2.45, 2.75) is 25.7 Å². The Morgan fingerprint density at radius 1 is 1.00 bits per heavy atom. The molecule has 2 N–H and O–H groups in total. The molecule has 0 atom stereocenters. The minimum Gasteiger partial charge on any atom is -0.383 e. The molecule has 0 saturated heterocycles. The topological polar surface area (TPSA) is 106 Å². The average Bonchev–Trinajstić information content (AvgIpc) is 3.80. The number of benzene rings is 2. The lowest BCUT2D eigenvalue weighted by Gasteiger charge is -2.11. The highest BCUT2D eigenvalue weighted by Crippen LogP contribution is 2.40. The summed E-state index contributed by atoms with van der Waals surface area (Å²) in [7, 11) is 1.58. The number of nitrogens with zero attached hydrogens (tertiary/aromatic N) is 3. The van der Waals surface area contributed by atoms with Crippen molar-refractivity contribution in [1.82, 2.24) is 20.5 Å². The van der Waals surface area contributed by atoms with E-state index in [4.69, 9.17) is 4.74 Å². The lowest BCUT2D eigenvalue weighted by molar-refractivity contribution is 0.0931. The molecule has 8 heteroatoms.